The molecule has 3 heteroatoms. The number of hydrogen-bond acceptors (Lipinski definition) is 3. The highest BCUT2D eigenvalue weighted by Crippen LogP contribution is 2.02. The standard InChI is InChI=1S/C10H15NO2/c11-6-10(7-12)13-8-9-4-2-1-3-5-9/h1-5,10,12H,6-8,11H2/t10-/m0/s1. The van der Waals surface area contributed by atoms with E-state index < -0.39 is 0 Å². The van der Waals surface area contributed by atoms with Crippen molar-refractivity contribution in [3.8, 4) is 0 Å². The fraction of sp³-hybridized carbons (Fsp3) is 0.400. The molecule has 0 aromatic heterocycles. The van der Waals surface area contributed by atoms with Gasteiger partial charge in [-0.3, -0.25) is 0 Å². The molecular formula is C10H15NO2. The molecule has 0 spiro atoms. The van der Waals surface area contributed by atoms with Crippen LogP contribution in [-0.4, -0.2) is 24.4 Å². The van der Waals surface area contributed by atoms with E-state index in [0.29, 0.717) is 13.2 Å². The second kappa shape index (κ2) is 5.70. The van der Waals surface area contributed by atoms with E-state index >= 15 is 0 Å². The van der Waals surface area contributed by atoms with Crippen molar-refractivity contribution in [2.24, 2.45) is 5.73 Å². The van der Waals surface area contributed by atoms with Crippen LogP contribution in [0, 0.1) is 0 Å². The predicted octanol–water partition coefficient (Wildman–Crippen LogP) is 0.523. The molecule has 0 amide bonds. The minimum Gasteiger partial charge on any atom is -0.394 e. The van der Waals surface area contributed by atoms with E-state index in [-0.39, 0.29) is 12.7 Å². The van der Waals surface area contributed by atoms with Crippen LogP contribution in [-0.2, 0) is 11.3 Å². The molecule has 0 heterocycles. The summed E-state index contributed by atoms with van der Waals surface area (Å²) in [4.78, 5) is 0. The molecule has 0 fully saturated rings. The van der Waals surface area contributed by atoms with Crippen molar-refractivity contribution in [3.05, 3.63) is 35.9 Å². The fourth-order valence-corrected chi connectivity index (χ4v) is 0.984. The SMILES string of the molecule is NC[C@@H](CO)OCc1ccccc1. The lowest BCUT2D eigenvalue weighted by Gasteiger charge is -2.12. The number of rotatable bonds is 5. The van der Waals surface area contributed by atoms with Gasteiger partial charge in [0, 0.05) is 6.54 Å². The van der Waals surface area contributed by atoms with Crippen molar-refractivity contribution >= 4 is 0 Å². The Hall–Kier alpha value is -0.900. The third-order valence-electron chi connectivity index (χ3n) is 1.80. The molecular weight excluding hydrogens is 166 g/mol. The lowest BCUT2D eigenvalue weighted by Crippen LogP contribution is -2.27. The second-order valence-electron chi connectivity index (χ2n) is 2.84. The second-order valence-corrected chi connectivity index (χ2v) is 2.84. The van der Waals surface area contributed by atoms with Crippen LogP contribution in [0.1, 0.15) is 5.56 Å². The lowest BCUT2D eigenvalue weighted by molar-refractivity contribution is 0.00846. The summed E-state index contributed by atoms with van der Waals surface area (Å²) in [6.07, 6.45) is -0.250. The molecule has 0 saturated heterocycles. The molecule has 13 heavy (non-hydrogen) atoms. The predicted molar refractivity (Wildman–Crippen MR) is 51.2 cm³/mol. The third kappa shape index (κ3) is 3.55. The van der Waals surface area contributed by atoms with Crippen LogP contribution < -0.4 is 5.73 Å². The topological polar surface area (TPSA) is 55.5 Å². The number of benzene rings is 1. The summed E-state index contributed by atoms with van der Waals surface area (Å²) < 4.78 is 5.35. The summed E-state index contributed by atoms with van der Waals surface area (Å²) in [5.74, 6) is 0. The Bertz CT molecular complexity index is 222. The maximum atomic E-state index is 8.80. The molecule has 1 rings (SSSR count). The summed E-state index contributed by atoms with van der Waals surface area (Å²) >= 11 is 0. The van der Waals surface area contributed by atoms with Gasteiger partial charge in [-0.05, 0) is 5.56 Å². The van der Waals surface area contributed by atoms with Gasteiger partial charge in [0.25, 0.3) is 0 Å². The van der Waals surface area contributed by atoms with Crippen LogP contribution in [0.25, 0.3) is 0 Å². The van der Waals surface area contributed by atoms with E-state index in [1.165, 1.54) is 0 Å². The molecule has 1 aromatic rings. The lowest BCUT2D eigenvalue weighted by atomic mass is 10.2. The first kappa shape index (κ1) is 10.2. The maximum Gasteiger partial charge on any atom is 0.0932 e. The van der Waals surface area contributed by atoms with Crippen molar-refractivity contribution in [2.75, 3.05) is 13.2 Å². The number of ether oxygens (including phenoxy) is 1. The summed E-state index contributed by atoms with van der Waals surface area (Å²) in [5.41, 5.74) is 6.45. The molecule has 1 atom stereocenters. The van der Waals surface area contributed by atoms with Crippen LogP contribution in [0.5, 0.6) is 0 Å². The zero-order chi connectivity index (χ0) is 9.52. The average Bonchev–Trinajstić information content (AvgIpc) is 2.21. The maximum absolute atomic E-state index is 8.80. The van der Waals surface area contributed by atoms with Crippen molar-refractivity contribution in [1.29, 1.82) is 0 Å². The fourth-order valence-electron chi connectivity index (χ4n) is 0.984. The van der Waals surface area contributed by atoms with E-state index in [1.807, 2.05) is 30.3 Å². The molecule has 72 valence electrons. The van der Waals surface area contributed by atoms with Gasteiger partial charge in [0.2, 0.25) is 0 Å². The van der Waals surface area contributed by atoms with Gasteiger partial charge in [0.15, 0.2) is 0 Å². The molecule has 3 N–H and O–H groups in total. The first-order valence-corrected chi connectivity index (χ1v) is 4.33. The Morgan fingerprint density at radius 2 is 2.00 bits per heavy atom. The third-order valence-corrected chi connectivity index (χ3v) is 1.80. The number of aliphatic hydroxyl groups excluding tert-OH is 1. The molecule has 0 aliphatic heterocycles. The minimum atomic E-state index is -0.250. The first-order chi connectivity index (χ1) is 6.36. The first-order valence-electron chi connectivity index (χ1n) is 4.33. The minimum absolute atomic E-state index is 0.0245. The molecule has 0 unspecified atom stereocenters. The van der Waals surface area contributed by atoms with Crippen LogP contribution in [0.15, 0.2) is 30.3 Å². The van der Waals surface area contributed by atoms with Gasteiger partial charge < -0.3 is 15.6 Å². The smallest absolute Gasteiger partial charge is 0.0932 e. The number of nitrogens with two attached hydrogens (primary N) is 1. The Labute approximate surface area is 78.1 Å². The monoisotopic (exact) mass is 181 g/mol. The molecule has 3 nitrogen and oxygen atoms in total. The molecule has 0 saturated carbocycles. The van der Waals surface area contributed by atoms with E-state index in [2.05, 4.69) is 0 Å². The normalized spacial score (nSPS) is 12.8. The molecule has 0 aliphatic carbocycles. The van der Waals surface area contributed by atoms with Crippen LogP contribution in [0.4, 0.5) is 0 Å². The van der Waals surface area contributed by atoms with Gasteiger partial charge in [0.05, 0.1) is 19.3 Å². The van der Waals surface area contributed by atoms with E-state index in [4.69, 9.17) is 15.6 Å². The van der Waals surface area contributed by atoms with Crippen LogP contribution in [0.2, 0.25) is 0 Å². The molecule has 0 radical (unpaired) electrons. The summed E-state index contributed by atoms with van der Waals surface area (Å²) in [5, 5.41) is 8.80. The van der Waals surface area contributed by atoms with Gasteiger partial charge in [-0.1, -0.05) is 30.3 Å². The Kier molecular flexibility index (Phi) is 4.46. The van der Waals surface area contributed by atoms with E-state index in [0.717, 1.165) is 5.56 Å². The highest BCUT2D eigenvalue weighted by atomic mass is 16.5. The number of hydrogen-bond donors (Lipinski definition) is 2. The average molecular weight is 181 g/mol. The van der Waals surface area contributed by atoms with E-state index in [1.54, 1.807) is 0 Å². The van der Waals surface area contributed by atoms with Crippen molar-refractivity contribution in [3.63, 3.8) is 0 Å². The quantitative estimate of drug-likeness (QED) is 0.696. The molecule has 0 aliphatic rings. The zero-order valence-corrected chi connectivity index (χ0v) is 7.52. The Balaban J connectivity index is 2.34. The van der Waals surface area contributed by atoms with E-state index in [9.17, 15) is 0 Å². The van der Waals surface area contributed by atoms with Crippen molar-refractivity contribution in [1.82, 2.24) is 0 Å². The van der Waals surface area contributed by atoms with Gasteiger partial charge >= 0.3 is 0 Å². The van der Waals surface area contributed by atoms with Crippen molar-refractivity contribution < 1.29 is 9.84 Å². The largest absolute Gasteiger partial charge is 0.394 e. The van der Waals surface area contributed by atoms with Gasteiger partial charge in [-0.15, -0.1) is 0 Å². The summed E-state index contributed by atoms with van der Waals surface area (Å²) in [7, 11) is 0. The van der Waals surface area contributed by atoms with Crippen molar-refractivity contribution in [2.45, 2.75) is 12.7 Å². The highest BCUT2D eigenvalue weighted by Gasteiger charge is 2.03. The highest BCUT2D eigenvalue weighted by molar-refractivity contribution is 5.13. The van der Waals surface area contributed by atoms with Crippen LogP contribution in [0.3, 0.4) is 0 Å². The molecule has 0 bridgehead atoms. The van der Waals surface area contributed by atoms with Gasteiger partial charge in [-0.2, -0.15) is 0 Å². The Morgan fingerprint density at radius 3 is 2.54 bits per heavy atom. The number of aliphatic hydroxyl groups is 1. The zero-order valence-electron chi connectivity index (χ0n) is 7.52. The Morgan fingerprint density at radius 1 is 1.31 bits per heavy atom. The summed E-state index contributed by atoms with van der Waals surface area (Å²) in [6.45, 7) is 0.829. The van der Waals surface area contributed by atoms with Gasteiger partial charge in [-0.25, -0.2) is 0 Å². The molecule has 1 aromatic carbocycles. The van der Waals surface area contributed by atoms with Gasteiger partial charge in [0.1, 0.15) is 0 Å². The van der Waals surface area contributed by atoms with Crippen LogP contribution >= 0.6 is 0 Å². The summed E-state index contributed by atoms with van der Waals surface area (Å²) in [6, 6.07) is 9.82.